The molecule has 0 spiro atoms. The van der Waals surface area contributed by atoms with Crippen LogP contribution in [0.4, 0.5) is 13.2 Å². The topological polar surface area (TPSA) is 57.2 Å². The molecule has 3 N–H and O–H groups in total. The van der Waals surface area contributed by atoms with Gasteiger partial charge in [-0.05, 0) is 48.2 Å². The Morgan fingerprint density at radius 2 is 1.61 bits per heavy atom. The molecule has 2 unspecified atom stereocenters. The Morgan fingerprint density at radius 3 is 2.27 bits per heavy atom. The van der Waals surface area contributed by atoms with Crippen molar-refractivity contribution in [2.75, 3.05) is 0 Å². The summed E-state index contributed by atoms with van der Waals surface area (Å²) in [6.45, 7) is 0. The fraction of sp³-hybridized carbons (Fsp3) is 0.346. The minimum Gasteiger partial charge on any atom is -0.365 e. The van der Waals surface area contributed by atoms with Crippen LogP contribution in [-0.2, 0) is 18.1 Å². The lowest BCUT2D eigenvalue weighted by molar-refractivity contribution is -0.137. The molecule has 2 atom stereocenters. The minimum absolute atomic E-state index is 0.159. The maximum absolute atomic E-state index is 13.6. The van der Waals surface area contributed by atoms with E-state index in [-0.39, 0.29) is 6.04 Å². The van der Waals surface area contributed by atoms with Gasteiger partial charge in [0.15, 0.2) is 6.35 Å². The molecule has 0 bridgehead atoms. The summed E-state index contributed by atoms with van der Waals surface area (Å²) in [6, 6.07) is 20.3. The summed E-state index contributed by atoms with van der Waals surface area (Å²) in [4.78, 5) is 4.52. The van der Waals surface area contributed by atoms with Crippen molar-refractivity contribution in [2.24, 2.45) is 0 Å². The van der Waals surface area contributed by atoms with Crippen LogP contribution in [0.1, 0.15) is 48.1 Å². The van der Waals surface area contributed by atoms with Crippen LogP contribution in [0.2, 0.25) is 0 Å². The maximum atomic E-state index is 13.6. The van der Waals surface area contributed by atoms with Crippen molar-refractivity contribution in [3.05, 3.63) is 101 Å². The summed E-state index contributed by atoms with van der Waals surface area (Å²) in [5, 5.41) is 17.4. The zero-order chi connectivity index (χ0) is 23.3. The van der Waals surface area contributed by atoms with Gasteiger partial charge in [0.25, 0.3) is 0 Å². The molecule has 0 saturated heterocycles. The van der Waals surface area contributed by atoms with E-state index in [2.05, 4.69) is 15.6 Å². The van der Waals surface area contributed by atoms with E-state index in [9.17, 15) is 18.3 Å². The van der Waals surface area contributed by atoms with Crippen LogP contribution in [0.5, 0.6) is 0 Å². The first-order valence-corrected chi connectivity index (χ1v) is 11.2. The first-order valence-electron chi connectivity index (χ1n) is 11.2. The van der Waals surface area contributed by atoms with Crippen molar-refractivity contribution in [3.63, 3.8) is 0 Å². The number of hydrogen-bond acceptors (Lipinski definition) is 4. The molecular weight excluding hydrogens is 427 g/mol. The number of aliphatic hydroxyl groups is 1. The molecule has 174 valence electrons. The number of pyridine rings is 1. The molecule has 0 amide bonds. The van der Waals surface area contributed by atoms with Crippen molar-refractivity contribution >= 4 is 0 Å². The summed E-state index contributed by atoms with van der Waals surface area (Å²) < 4.78 is 40.9. The van der Waals surface area contributed by atoms with Crippen LogP contribution in [0, 0.1) is 0 Å². The SMILES string of the molecule is OC(NC1CCCC1)NC(Cc1ccccc1)(c1cccc(C(F)(F)F)c1)c1ccccn1. The van der Waals surface area contributed by atoms with E-state index in [1.165, 1.54) is 6.07 Å². The number of alkyl halides is 3. The molecule has 33 heavy (non-hydrogen) atoms. The Balaban J connectivity index is 1.82. The summed E-state index contributed by atoms with van der Waals surface area (Å²) in [5.41, 5.74) is -0.128. The molecule has 1 heterocycles. The number of nitrogens with one attached hydrogen (secondary N) is 2. The average Bonchev–Trinajstić information content (AvgIpc) is 3.32. The van der Waals surface area contributed by atoms with Crippen molar-refractivity contribution in [3.8, 4) is 0 Å². The zero-order valence-electron chi connectivity index (χ0n) is 18.2. The third-order valence-electron chi connectivity index (χ3n) is 6.23. The fourth-order valence-corrected chi connectivity index (χ4v) is 4.62. The van der Waals surface area contributed by atoms with Gasteiger partial charge in [-0.1, -0.05) is 61.4 Å². The summed E-state index contributed by atoms with van der Waals surface area (Å²) in [7, 11) is 0. The molecule has 4 rings (SSSR count). The summed E-state index contributed by atoms with van der Waals surface area (Å²) in [5.74, 6) is 0. The van der Waals surface area contributed by atoms with Gasteiger partial charge in [-0.2, -0.15) is 13.2 Å². The largest absolute Gasteiger partial charge is 0.416 e. The first kappa shape index (κ1) is 23.4. The molecule has 0 aliphatic heterocycles. The van der Waals surface area contributed by atoms with Crippen molar-refractivity contribution in [1.29, 1.82) is 0 Å². The van der Waals surface area contributed by atoms with E-state index in [1.807, 2.05) is 30.3 Å². The lowest BCUT2D eigenvalue weighted by Crippen LogP contribution is -2.57. The lowest BCUT2D eigenvalue weighted by atomic mass is 9.80. The number of aliphatic hydroxyl groups excluding tert-OH is 1. The van der Waals surface area contributed by atoms with Gasteiger partial charge in [-0.15, -0.1) is 0 Å². The minimum atomic E-state index is -4.49. The molecule has 1 aromatic heterocycles. The van der Waals surface area contributed by atoms with Crippen LogP contribution in [-0.4, -0.2) is 22.5 Å². The van der Waals surface area contributed by atoms with Crippen LogP contribution >= 0.6 is 0 Å². The first-order chi connectivity index (χ1) is 15.9. The number of aromatic nitrogens is 1. The quantitative estimate of drug-likeness (QED) is 0.419. The number of nitrogens with zero attached hydrogens (tertiary/aromatic N) is 1. The molecular formula is C26H28F3N3O. The highest BCUT2D eigenvalue weighted by Crippen LogP contribution is 2.37. The van der Waals surface area contributed by atoms with Crippen LogP contribution in [0.15, 0.2) is 79.0 Å². The van der Waals surface area contributed by atoms with E-state index in [0.29, 0.717) is 17.7 Å². The second-order valence-electron chi connectivity index (χ2n) is 8.56. The molecule has 7 heteroatoms. The highest BCUT2D eigenvalue weighted by molar-refractivity contribution is 5.40. The third kappa shape index (κ3) is 5.61. The fourth-order valence-electron chi connectivity index (χ4n) is 4.62. The third-order valence-corrected chi connectivity index (χ3v) is 6.23. The smallest absolute Gasteiger partial charge is 0.365 e. The Hall–Kier alpha value is -2.74. The molecule has 4 nitrogen and oxygen atoms in total. The predicted octanol–water partition coefficient (Wildman–Crippen LogP) is 4.98. The molecule has 2 aromatic carbocycles. The van der Waals surface area contributed by atoms with Gasteiger partial charge < -0.3 is 5.11 Å². The maximum Gasteiger partial charge on any atom is 0.416 e. The molecule has 1 fully saturated rings. The monoisotopic (exact) mass is 455 g/mol. The van der Waals surface area contributed by atoms with E-state index in [1.54, 1.807) is 30.5 Å². The number of benzene rings is 2. The van der Waals surface area contributed by atoms with E-state index < -0.39 is 23.6 Å². The summed E-state index contributed by atoms with van der Waals surface area (Å²) in [6.07, 6.45) is 0.389. The van der Waals surface area contributed by atoms with Gasteiger partial charge >= 0.3 is 6.18 Å². The van der Waals surface area contributed by atoms with Crippen LogP contribution < -0.4 is 10.6 Å². The Bertz CT molecular complexity index is 1020. The van der Waals surface area contributed by atoms with E-state index in [0.717, 1.165) is 43.4 Å². The number of halogens is 3. The van der Waals surface area contributed by atoms with Gasteiger partial charge in [-0.3, -0.25) is 15.6 Å². The molecule has 1 aliphatic carbocycles. The second kappa shape index (κ2) is 10.0. The highest BCUT2D eigenvalue weighted by atomic mass is 19.4. The zero-order valence-corrected chi connectivity index (χ0v) is 18.2. The van der Waals surface area contributed by atoms with Crippen LogP contribution in [0.3, 0.4) is 0 Å². The highest BCUT2D eigenvalue weighted by Gasteiger charge is 2.40. The van der Waals surface area contributed by atoms with Crippen molar-refractivity contribution < 1.29 is 18.3 Å². The second-order valence-corrected chi connectivity index (χ2v) is 8.56. The van der Waals surface area contributed by atoms with Crippen molar-refractivity contribution in [2.45, 2.75) is 56.2 Å². The van der Waals surface area contributed by atoms with Gasteiger partial charge in [0.05, 0.1) is 16.8 Å². The molecule has 3 aromatic rings. The Labute approximate surface area is 191 Å². The van der Waals surface area contributed by atoms with Crippen LogP contribution in [0.25, 0.3) is 0 Å². The molecule has 1 saturated carbocycles. The van der Waals surface area contributed by atoms with E-state index >= 15 is 0 Å². The molecule has 0 radical (unpaired) electrons. The molecule has 1 aliphatic rings. The number of hydrogen-bond donors (Lipinski definition) is 3. The van der Waals surface area contributed by atoms with Gasteiger partial charge in [0.2, 0.25) is 0 Å². The van der Waals surface area contributed by atoms with Gasteiger partial charge in [-0.25, -0.2) is 0 Å². The summed E-state index contributed by atoms with van der Waals surface area (Å²) >= 11 is 0. The lowest BCUT2D eigenvalue weighted by Gasteiger charge is -2.38. The average molecular weight is 456 g/mol. The normalized spacial score (nSPS) is 17.6. The number of rotatable bonds is 8. The standard InChI is InChI=1S/C26H28F3N3O/c27-26(28,29)21-12-8-11-20(17-21)25(23-15-6-7-16-30-23,18-19-9-2-1-3-10-19)32-24(33)31-22-13-4-5-14-22/h1-3,6-12,15-17,22,24,31-33H,4-5,13-14,18H2. The van der Waals surface area contributed by atoms with Gasteiger partial charge in [0.1, 0.15) is 0 Å². The Morgan fingerprint density at radius 1 is 0.909 bits per heavy atom. The van der Waals surface area contributed by atoms with E-state index in [4.69, 9.17) is 0 Å². The van der Waals surface area contributed by atoms with Gasteiger partial charge in [0, 0.05) is 18.7 Å². The predicted molar refractivity (Wildman–Crippen MR) is 121 cm³/mol. The Kier molecular flexibility index (Phi) is 7.12. The van der Waals surface area contributed by atoms with Crippen molar-refractivity contribution in [1.82, 2.24) is 15.6 Å².